The average molecular weight is 625 g/mol. The number of ether oxygens (including phenoxy) is 2. The normalized spacial score (nSPS) is 16.6. The summed E-state index contributed by atoms with van der Waals surface area (Å²) >= 11 is 0. The first kappa shape index (κ1) is 33.4. The van der Waals surface area contributed by atoms with Crippen LogP contribution in [0.3, 0.4) is 0 Å². The lowest BCUT2D eigenvalue weighted by Gasteiger charge is -2.29. The van der Waals surface area contributed by atoms with Crippen molar-refractivity contribution in [1.82, 2.24) is 19.7 Å². The first-order valence-electron chi connectivity index (χ1n) is 16.7. The predicted octanol–water partition coefficient (Wildman–Crippen LogP) is 7.18. The van der Waals surface area contributed by atoms with Crippen LogP contribution < -0.4 is 4.74 Å². The van der Waals surface area contributed by atoms with Gasteiger partial charge in [0.2, 0.25) is 5.88 Å². The van der Waals surface area contributed by atoms with Crippen molar-refractivity contribution in [1.29, 1.82) is 0 Å². The lowest BCUT2D eigenvalue weighted by atomic mass is 9.93. The van der Waals surface area contributed by atoms with Gasteiger partial charge in [-0.3, -0.25) is 0 Å². The number of fused-ring (bicyclic) bond motifs is 1. The van der Waals surface area contributed by atoms with Crippen LogP contribution in [-0.2, 0) is 24.0 Å². The Kier molecular flexibility index (Phi) is 11.3. The number of hydrogen-bond donors (Lipinski definition) is 1. The lowest BCUT2D eigenvalue weighted by Crippen LogP contribution is -2.37. The van der Waals surface area contributed by atoms with Crippen molar-refractivity contribution in [2.24, 2.45) is 0 Å². The molecule has 2 aromatic heterocycles. The van der Waals surface area contributed by atoms with Crippen LogP contribution in [0.2, 0.25) is 0 Å². The average Bonchev–Trinajstić information content (AvgIpc) is 3.38. The minimum atomic E-state index is -1.08. The molecule has 0 aliphatic carbocycles. The Labute approximate surface area is 273 Å². The molecule has 1 atom stereocenters. The number of carboxylic acids is 1. The molecule has 2 aliphatic heterocycles. The maximum Gasteiger partial charge on any atom is 0.342 e. The third-order valence-electron chi connectivity index (χ3n) is 9.37. The van der Waals surface area contributed by atoms with Gasteiger partial charge in [0.15, 0.2) is 5.82 Å². The minimum Gasteiger partial charge on any atom is -0.477 e. The van der Waals surface area contributed by atoms with Gasteiger partial charge >= 0.3 is 5.97 Å². The molecular weight excluding hydrogens is 576 g/mol. The molecule has 1 fully saturated rings. The predicted molar refractivity (Wildman–Crippen MR) is 182 cm³/mol. The second-order valence-electron chi connectivity index (χ2n) is 12.3. The van der Waals surface area contributed by atoms with Gasteiger partial charge in [-0.2, -0.15) is 9.78 Å². The Balaban J connectivity index is 0.000000184. The largest absolute Gasteiger partial charge is 0.477 e. The summed E-state index contributed by atoms with van der Waals surface area (Å²) in [6.07, 6.45) is 9.17. The van der Waals surface area contributed by atoms with Gasteiger partial charge in [-0.1, -0.05) is 43.3 Å². The van der Waals surface area contributed by atoms with Crippen LogP contribution in [0.4, 0.5) is 0 Å². The standard InChI is InChI=1S/C19H19N3O3.C19H29NO/c1-4-25-18-15(19(23)24)11-20-22(18)17-10-6-9-16(21-17)14-8-5-7-12(2)13(14)3;1-3-16-7-8-17-9-11-20(12-10-19(17)15(16)2)14-18-6-4-5-13-21-18/h5-11H,4H2,1-3H3,(H,23,24);7-8,18H,3-6,9-14H2,1-2H3. The maximum atomic E-state index is 11.4. The lowest BCUT2D eigenvalue weighted by molar-refractivity contribution is -0.00497. The van der Waals surface area contributed by atoms with Gasteiger partial charge in [-0.05, 0) is 112 Å². The van der Waals surface area contributed by atoms with E-state index in [4.69, 9.17) is 9.47 Å². The third-order valence-corrected chi connectivity index (χ3v) is 9.37. The molecule has 1 saturated heterocycles. The molecule has 8 nitrogen and oxygen atoms in total. The number of carbonyl (C=O) groups is 1. The smallest absolute Gasteiger partial charge is 0.342 e. The molecule has 4 aromatic rings. The fourth-order valence-corrected chi connectivity index (χ4v) is 6.55. The fraction of sp³-hybridized carbons (Fsp3) is 0.447. The van der Waals surface area contributed by atoms with Gasteiger partial charge in [-0.25, -0.2) is 9.78 Å². The highest BCUT2D eigenvalue weighted by atomic mass is 16.5. The van der Waals surface area contributed by atoms with Crippen molar-refractivity contribution in [3.05, 3.63) is 93.7 Å². The second-order valence-corrected chi connectivity index (χ2v) is 12.3. The van der Waals surface area contributed by atoms with Crippen molar-refractivity contribution in [3.63, 3.8) is 0 Å². The van der Waals surface area contributed by atoms with E-state index in [-0.39, 0.29) is 11.4 Å². The Bertz CT molecular complexity index is 1640. The van der Waals surface area contributed by atoms with E-state index in [1.807, 2.05) is 24.3 Å². The highest BCUT2D eigenvalue weighted by Crippen LogP contribution is 2.28. The molecule has 1 unspecified atom stereocenters. The SMILES string of the molecule is CCOc1c(C(=O)O)cnn1-c1cccc(-c2cccc(C)c2C)n1.CCc1ccc2c(c1C)CCN(CC1CCCCO1)CC2. The van der Waals surface area contributed by atoms with Crippen LogP contribution in [0.5, 0.6) is 5.88 Å². The summed E-state index contributed by atoms with van der Waals surface area (Å²) in [6, 6.07) is 16.4. The molecule has 4 heterocycles. The molecule has 1 N–H and O–H groups in total. The first-order valence-corrected chi connectivity index (χ1v) is 16.7. The Morgan fingerprint density at radius 1 is 1.00 bits per heavy atom. The monoisotopic (exact) mass is 624 g/mol. The van der Waals surface area contributed by atoms with Gasteiger partial charge in [-0.15, -0.1) is 0 Å². The molecular formula is C38H48N4O4. The van der Waals surface area contributed by atoms with E-state index >= 15 is 0 Å². The van der Waals surface area contributed by atoms with E-state index < -0.39 is 5.97 Å². The van der Waals surface area contributed by atoms with Crippen LogP contribution in [0.1, 0.15) is 76.8 Å². The molecule has 46 heavy (non-hydrogen) atoms. The molecule has 2 aromatic carbocycles. The van der Waals surface area contributed by atoms with Crippen LogP contribution >= 0.6 is 0 Å². The summed E-state index contributed by atoms with van der Waals surface area (Å²) in [5.41, 5.74) is 10.5. The van der Waals surface area contributed by atoms with Gasteiger partial charge in [0.25, 0.3) is 0 Å². The number of aromatic nitrogens is 3. The van der Waals surface area contributed by atoms with Gasteiger partial charge in [0.05, 0.1) is 24.6 Å². The molecule has 6 rings (SSSR count). The summed E-state index contributed by atoms with van der Waals surface area (Å²) in [5.74, 6) is -0.393. The quantitative estimate of drug-likeness (QED) is 0.222. The summed E-state index contributed by atoms with van der Waals surface area (Å²) in [4.78, 5) is 18.6. The van der Waals surface area contributed by atoms with Gasteiger partial charge in [0.1, 0.15) is 5.56 Å². The van der Waals surface area contributed by atoms with E-state index in [0.717, 1.165) is 36.4 Å². The highest BCUT2D eigenvalue weighted by molar-refractivity contribution is 5.90. The van der Waals surface area contributed by atoms with Gasteiger partial charge in [0, 0.05) is 31.8 Å². The molecule has 8 heteroatoms. The topological polar surface area (TPSA) is 89.7 Å². The maximum absolute atomic E-state index is 11.4. The molecule has 244 valence electrons. The Hall–Kier alpha value is -4.01. The van der Waals surface area contributed by atoms with Crippen LogP contribution in [0, 0.1) is 20.8 Å². The molecule has 2 aliphatic rings. The Morgan fingerprint density at radius 2 is 1.80 bits per heavy atom. The minimum absolute atomic E-state index is 0.0146. The van der Waals surface area contributed by atoms with Crippen LogP contribution in [0.25, 0.3) is 17.1 Å². The highest BCUT2D eigenvalue weighted by Gasteiger charge is 2.22. The van der Waals surface area contributed by atoms with E-state index in [9.17, 15) is 9.90 Å². The molecule has 0 bridgehead atoms. The summed E-state index contributed by atoms with van der Waals surface area (Å²) < 4.78 is 12.8. The Morgan fingerprint density at radius 3 is 2.54 bits per heavy atom. The first-order chi connectivity index (χ1) is 22.3. The number of rotatable bonds is 8. The second kappa shape index (κ2) is 15.5. The van der Waals surface area contributed by atoms with E-state index in [0.29, 0.717) is 18.5 Å². The van der Waals surface area contributed by atoms with Crippen LogP contribution in [0.15, 0.2) is 54.7 Å². The number of pyridine rings is 1. The van der Waals surface area contributed by atoms with Crippen molar-refractivity contribution >= 4 is 5.97 Å². The van der Waals surface area contributed by atoms with Crippen LogP contribution in [-0.4, -0.2) is 69.7 Å². The zero-order chi connectivity index (χ0) is 32.6. The van der Waals surface area contributed by atoms with E-state index in [1.165, 1.54) is 67.2 Å². The van der Waals surface area contributed by atoms with Crippen molar-refractivity contribution in [2.75, 3.05) is 32.8 Å². The summed E-state index contributed by atoms with van der Waals surface area (Å²) in [5, 5.41) is 13.4. The van der Waals surface area contributed by atoms with Crippen molar-refractivity contribution in [2.45, 2.75) is 79.2 Å². The van der Waals surface area contributed by atoms with Gasteiger partial charge < -0.3 is 19.5 Å². The summed E-state index contributed by atoms with van der Waals surface area (Å²) in [6.45, 7) is 15.3. The van der Waals surface area contributed by atoms with Crippen molar-refractivity contribution in [3.8, 4) is 23.0 Å². The number of benzene rings is 2. The number of nitrogens with zero attached hydrogens (tertiary/aromatic N) is 4. The number of carboxylic acid groups (broad SMARTS) is 1. The number of aryl methyl sites for hydroxylation is 2. The third kappa shape index (κ3) is 7.68. The zero-order valence-electron chi connectivity index (χ0n) is 28.0. The summed E-state index contributed by atoms with van der Waals surface area (Å²) in [7, 11) is 0. The van der Waals surface area contributed by atoms with E-state index in [2.05, 4.69) is 60.9 Å². The molecule has 0 spiro atoms. The molecule has 0 radical (unpaired) electrons. The molecule has 0 saturated carbocycles. The number of aromatic carboxylic acids is 1. The van der Waals surface area contributed by atoms with Crippen molar-refractivity contribution < 1.29 is 19.4 Å². The fourth-order valence-electron chi connectivity index (χ4n) is 6.55. The zero-order valence-corrected chi connectivity index (χ0v) is 28.0. The molecule has 0 amide bonds. The number of hydrogen-bond acceptors (Lipinski definition) is 6. The van der Waals surface area contributed by atoms with E-state index in [1.54, 1.807) is 29.7 Å².